The van der Waals surface area contributed by atoms with Crippen molar-refractivity contribution in [1.29, 1.82) is 0 Å². The molecular formula is C12H7N3O2S. The van der Waals surface area contributed by atoms with E-state index in [1.54, 1.807) is 18.2 Å². The summed E-state index contributed by atoms with van der Waals surface area (Å²) in [6, 6.07) is 5.08. The topological polar surface area (TPSA) is 71.8 Å². The standard InChI is InChI=1S/C12H7N3O2S/c16-11(9-6-13-3-4-14-9)7-1-2-8-10(5-7)17-12(18)15-8/h1-6H,(H,15,18). The van der Waals surface area contributed by atoms with Crippen molar-refractivity contribution in [3.05, 3.63) is 52.9 Å². The average Bonchev–Trinajstić information content (AvgIpc) is 2.78. The van der Waals surface area contributed by atoms with Crippen molar-refractivity contribution in [2.24, 2.45) is 0 Å². The van der Waals surface area contributed by atoms with Gasteiger partial charge in [-0.3, -0.25) is 9.78 Å². The number of nitrogens with zero attached hydrogens (tertiary/aromatic N) is 2. The molecule has 18 heavy (non-hydrogen) atoms. The molecule has 5 nitrogen and oxygen atoms in total. The molecule has 6 heteroatoms. The van der Waals surface area contributed by atoms with Crippen LogP contribution in [0.4, 0.5) is 0 Å². The molecule has 2 aromatic heterocycles. The summed E-state index contributed by atoms with van der Waals surface area (Å²) in [7, 11) is 0. The minimum Gasteiger partial charge on any atom is -0.429 e. The van der Waals surface area contributed by atoms with Crippen LogP contribution >= 0.6 is 12.2 Å². The van der Waals surface area contributed by atoms with Gasteiger partial charge < -0.3 is 9.40 Å². The monoisotopic (exact) mass is 257 g/mol. The maximum absolute atomic E-state index is 12.1. The van der Waals surface area contributed by atoms with Gasteiger partial charge in [-0.1, -0.05) is 0 Å². The average molecular weight is 257 g/mol. The van der Waals surface area contributed by atoms with Crippen molar-refractivity contribution < 1.29 is 9.21 Å². The molecule has 0 atom stereocenters. The number of nitrogens with one attached hydrogen (secondary N) is 1. The van der Waals surface area contributed by atoms with Crippen LogP contribution in [0.2, 0.25) is 0 Å². The molecule has 0 aliphatic carbocycles. The molecule has 0 unspecified atom stereocenters. The van der Waals surface area contributed by atoms with Crippen LogP contribution in [0.15, 0.2) is 41.2 Å². The lowest BCUT2D eigenvalue weighted by atomic mass is 10.1. The Bertz CT molecular complexity index is 777. The van der Waals surface area contributed by atoms with E-state index in [-0.39, 0.29) is 10.6 Å². The number of hydrogen-bond acceptors (Lipinski definition) is 5. The number of carbonyl (C=O) groups excluding carboxylic acids is 1. The molecule has 0 aliphatic heterocycles. The zero-order chi connectivity index (χ0) is 12.5. The molecule has 0 fully saturated rings. The number of aromatic nitrogens is 3. The minimum atomic E-state index is -0.202. The number of benzene rings is 1. The Hall–Kier alpha value is -2.34. The lowest BCUT2D eigenvalue weighted by Gasteiger charge is -1.98. The number of aromatic amines is 1. The lowest BCUT2D eigenvalue weighted by molar-refractivity contribution is 0.103. The first kappa shape index (κ1) is 10.8. The van der Waals surface area contributed by atoms with E-state index < -0.39 is 0 Å². The summed E-state index contributed by atoms with van der Waals surface area (Å²) in [5.41, 5.74) is 2.09. The van der Waals surface area contributed by atoms with E-state index in [9.17, 15) is 4.79 Å². The fraction of sp³-hybridized carbons (Fsp3) is 0. The summed E-state index contributed by atoms with van der Waals surface area (Å²) >= 11 is 4.89. The number of hydrogen-bond donors (Lipinski definition) is 1. The Balaban J connectivity index is 2.09. The van der Waals surface area contributed by atoms with E-state index in [0.29, 0.717) is 16.8 Å². The minimum absolute atomic E-state index is 0.202. The Morgan fingerprint density at radius 1 is 1.33 bits per heavy atom. The van der Waals surface area contributed by atoms with Crippen LogP contribution in [-0.2, 0) is 0 Å². The van der Waals surface area contributed by atoms with Crippen LogP contribution in [0.3, 0.4) is 0 Å². The molecule has 3 aromatic rings. The third-order valence-electron chi connectivity index (χ3n) is 2.48. The van der Waals surface area contributed by atoms with Crippen molar-refractivity contribution in [2.75, 3.05) is 0 Å². The zero-order valence-corrected chi connectivity index (χ0v) is 9.90. The molecule has 0 saturated heterocycles. The van der Waals surface area contributed by atoms with Crippen LogP contribution < -0.4 is 0 Å². The van der Waals surface area contributed by atoms with Crippen LogP contribution in [0.5, 0.6) is 0 Å². The van der Waals surface area contributed by atoms with Gasteiger partial charge >= 0.3 is 0 Å². The van der Waals surface area contributed by atoms with Crippen molar-refractivity contribution in [3.63, 3.8) is 0 Å². The molecule has 1 aromatic carbocycles. The smallest absolute Gasteiger partial charge is 0.266 e. The van der Waals surface area contributed by atoms with E-state index in [1.165, 1.54) is 18.6 Å². The lowest BCUT2D eigenvalue weighted by Crippen LogP contribution is -2.03. The predicted octanol–water partition coefficient (Wildman–Crippen LogP) is 2.51. The second kappa shape index (κ2) is 4.15. The van der Waals surface area contributed by atoms with E-state index >= 15 is 0 Å². The summed E-state index contributed by atoms with van der Waals surface area (Å²) in [5, 5.41) is 0. The van der Waals surface area contributed by atoms with Gasteiger partial charge in [-0.2, -0.15) is 0 Å². The Kier molecular flexibility index (Phi) is 2.49. The van der Waals surface area contributed by atoms with Crippen molar-refractivity contribution in [3.8, 4) is 0 Å². The summed E-state index contributed by atoms with van der Waals surface area (Å²) in [6.45, 7) is 0. The first-order valence-electron chi connectivity index (χ1n) is 5.17. The maximum atomic E-state index is 12.1. The highest BCUT2D eigenvalue weighted by Crippen LogP contribution is 2.17. The van der Waals surface area contributed by atoms with Gasteiger partial charge in [0.25, 0.3) is 4.84 Å². The third kappa shape index (κ3) is 1.82. The molecule has 1 N–H and O–H groups in total. The normalized spacial score (nSPS) is 10.7. The van der Waals surface area contributed by atoms with E-state index in [4.69, 9.17) is 16.6 Å². The molecule has 2 heterocycles. The summed E-state index contributed by atoms with van der Waals surface area (Å²) in [6.07, 6.45) is 4.43. The highest BCUT2D eigenvalue weighted by Gasteiger charge is 2.12. The van der Waals surface area contributed by atoms with Gasteiger partial charge in [0.05, 0.1) is 11.7 Å². The quantitative estimate of drug-likeness (QED) is 0.564. The van der Waals surface area contributed by atoms with Crippen LogP contribution in [0.25, 0.3) is 11.1 Å². The molecule has 0 saturated carbocycles. The predicted molar refractivity (Wildman–Crippen MR) is 66.9 cm³/mol. The first-order chi connectivity index (χ1) is 8.74. The molecule has 88 valence electrons. The van der Waals surface area contributed by atoms with Gasteiger partial charge in [0, 0.05) is 18.0 Å². The summed E-state index contributed by atoms with van der Waals surface area (Å²) < 4.78 is 5.27. The van der Waals surface area contributed by atoms with Crippen LogP contribution in [0.1, 0.15) is 16.1 Å². The fourth-order valence-electron chi connectivity index (χ4n) is 1.65. The van der Waals surface area contributed by atoms with E-state index in [2.05, 4.69) is 15.0 Å². The number of fused-ring (bicyclic) bond motifs is 1. The highest BCUT2D eigenvalue weighted by molar-refractivity contribution is 7.71. The molecule has 0 amide bonds. The Morgan fingerprint density at radius 3 is 3.00 bits per heavy atom. The van der Waals surface area contributed by atoms with Gasteiger partial charge in [-0.25, -0.2) is 4.98 Å². The second-order valence-electron chi connectivity index (χ2n) is 3.65. The van der Waals surface area contributed by atoms with Crippen LogP contribution in [0, 0.1) is 4.84 Å². The molecule has 0 bridgehead atoms. The van der Waals surface area contributed by atoms with Crippen molar-refractivity contribution in [2.45, 2.75) is 0 Å². The van der Waals surface area contributed by atoms with Gasteiger partial charge in [0.1, 0.15) is 5.69 Å². The van der Waals surface area contributed by atoms with E-state index in [1.807, 2.05) is 0 Å². The fourth-order valence-corrected chi connectivity index (χ4v) is 1.85. The number of carbonyl (C=O) groups is 1. The van der Waals surface area contributed by atoms with Crippen molar-refractivity contribution in [1.82, 2.24) is 15.0 Å². The summed E-state index contributed by atoms with van der Waals surface area (Å²) in [4.78, 5) is 23.1. The molecule has 0 aliphatic rings. The summed E-state index contributed by atoms with van der Waals surface area (Å²) in [5.74, 6) is -0.202. The van der Waals surface area contributed by atoms with Gasteiger partial charge in [-0.15, -0.1) is 0 Å². The Morgan fingerprint density at radius 2 is 2.22 bits per heavy atom. The molecule has 0 spiro atoms. The highest BCUT2D eigenvalue weighted by atomic mass is 32.1. The number of rotatable bonds is 2. The second-order valence-corrected chi connectivity index (χ2v) is 4.02. The largest absolute Gasteiger partial charge is 0.429 e. The van der Waals surface area contributed by atoms with E-state index in [0.717, 1.165) is 5.52 Å². The van der Waals surface area contributed by atoms with Crippen LogP contribution in [-0.4, -0.2) is 20.7 Å². The van der Waals surface area contributed by atoms with Gasteiger partial charge in [0.15, 0.2) is 5.58 Å². The maximum Gasteiger partial charge on any atom is 0.266 e. The molecule has 0 radical (unpaired) electrons. The van der Waals surface area contributed by atoms with Gasteiger partial charge in [0.2, 0.25) is 5.78 Å². The van der Waals surface area contributed by atoms with Gasteiger partial charge in [-0.05, 0) is 30.4 Å². The molecule has 3 rings (SSSR count). The SMILES string of the molecule is O=C(c1ccc2[nH]c(=S)oc2c1)c1cnccn1. The third-order valence-corrected chi connectivity index (χ3v) is 2.66. The molecular weight excluding hydrogens is 250 g/mol. The zero-order valence-electron chi connectivity index (χ0n) is 9.08. The number of oxazole rings is 1. The van der Waals surface area contributed by atoms with Crippen molar-refractivity contribution >= 4 is 29.1 Å². The number of ketones is 1. The number of H-pyrrole nitrogens is 1. The Labute approximate surface area is 107 Å². The first-order valence-corrected chi connectivity index (χ1v) is 5.58.